The van der Waals surface area contributed by atoms with Crippen molar-refractivity contribution in [1.82, 2.24) is 4.90 Å². The molecule has 1 fully saturated rings. The van der Waals surface area contributed by atoms with Crippen molar-refractivity contribution in [3.05, 3.63) is 0 Å². The molecule has 1 aliphatic rings. The van der Waals surface area contributed by atoms with E-state index >= 15 is 0 Å². The van der Waals surface area contributed by atoms with Crippen LogP contribution >= 0.6 is 23.5 Å². The second-order valence-corrected chi connectivity index (χ2v) is 7.52. The highest BCUT2D eigenvalue weighted by Gasteiger charge is 2.26. The van der Waals surface area contributed by atoms with Crippen molar-refractivity contribution in [2.24, 2.45) is 5.92 Å². The second-order valence-electron chi connectivity index (χ2n) is 5.37. The van der Waals surface area contributed by atoms with Crippen LogP contribution in [0.5, 0.6) is 0 Å². The minimum atomic E-state index is -0.721. The van der Waals surface area contributed by atoms with Crippen molar-refractivity contribution in [2.45, 2.75) is 26.3 Å². The Morgan fingerprint density at radius 2 is 1.62 bits per heavy atom. The predicted octanol–water partition coefficient (Wildman–Crippen LogP) is 2.22. The Hall–Kier alpha value is 0.0500. The number of hydrogen-bond acceptors (Lipinski definition) is 6. The van der Waals surface area contributed by atoms with Crippen LogP contribution in [-0.2, 0) is 14.3 Å². The Morgan fingerprint density at radius 3 is 2.05 bits per heavy atom. The average molecular weight is 338 g/mol. The van der Waals surface area contributed by atoms with E-state index < -0.39 is 12.0 Å². The van der Waals surface area contributed by atoms with Gasteiger partial charge in [0.25, 0.3) is 0 Å². The number of hydrogen-bond donors (Lipinski definition) is 1. The molecular weight excluding hydrogens is 310 g/mol. The molecule has 5 nitrogen and oxygen atoms in total. The third-order valence-corrected chi connectivity index (χ3v) is 4.99. The fraction of sp³-hybridized carbons (Fsp3) is 0.929. The Labute approximate surface area is 136 Å². The molecule has 0 bridgehead atoms. The summed E-state index contributed by atoms with van der Waals surface area (Å²) in [6, 6.07) is -0.406. The number of aliphatic carboxylic acids is 1. The number of carboxylic acids is 1. The van der Waals surface area contributed by atoms with Crippen molar-refractivity contribution in [3.8, 4) is 0 Å². The molecule has 0 aliphatic carbocycles. The van der Waals surface area contributed by atoms with E-state index in [-0.39, 0.29) is 0 Å². The lowest BCUT2D eigenvalue weighted by Gasteiger charge is -2.29. The maximum absolute atomic E-state index is 11.6. The third kappa shape index (κ3) is 8.93. The monoisotopic (exact) mass is 337 g/mol. The largest absolute Gasteiger partial charge is 0.480 e. The van der Waals surface area contributed by atoms with Crippen molar-refractivity contribution in [2.75, 3.05) is 49.7 Å². The number of ether oxygens (including phenoxy) is 2. The highest BCUT2D eigenvalue weighted by molar-refractivity contribution is 8.00. The summed E-state index contributed by atoms with van der Waals surface area (Å²) < 4.78 is 10.9. The molecule has 1 rings (SSSR count). The van der Waals surface area contributed by atoms with Crippen LogP contribution in [0.25, 0.3) is 0 Å². The second kappa shape index (κ2) is 11.6. The van der Waals surface area contributed by atoms with Crippen LogP contribution in [0.15, 0.2) is 0 Å². The van der Waals surface area contributed by atoms with E-state index in [1.165, 1.54) is 0 Å². The Bertz CT molecular complexity index is 278. The summed E-state index contributed by atoms with van der Waals surface area (Å²) in [5.74, 6) is 2.89. The molecule has 0 aromatic carbocycles. The summed E-state index contributed by atoms with van der Waals surface area (Å²) >= 11 is 3.48. The van der Waals surface area contributed by atoms with Crippen LogP contribution in [0, 0.1) is 5.92 Å². The van der Waals surface area contributed by atoms with E-state index in [1.807, 2.05) is 0 Å². The van der Waals surface area contributed by atoms with E-state index in [0.29, 0.717) is 38.8 Å². The summed E-state index contributed by atoms with van der Waals surface area (Å²) in [6.45, 7) is 6.80. The molecule has 0 spiro atoms. The van der Waals surface area contributed by atoms with Gasteiger partial charge in [-0.25, -0.2) is 0 Å². The van der Waals surface area contributed by atoms with Crippen LogP contribution in [0.2, 0.25) is 0 Å². The van der Waals surface area contributed by atoms with Gasteiger partial charge >= 0.3 is 5.97 Å². The summed E-state index contributed by atoms with van der Waals surface area (Å²) in [5, 5.41) is 9.50. The molecule has 1 aliphatic heterocycles. The normalized spacial score (nSPS) is 22.0. The first-order valence-electron chi connectivity index (χ1n) is 7.39. The van der Waals surface area contributed by atoms with Gasteiger partial charge in [0.05, 0.1) is 26.4 Å². The molecular formula is C14H27NO4S2. The minimum absolute atomic E-state index is 0.373. The first-order chi connectivity index (χ1) is 10.1. The van der Waals surface area contributed by atoms with Crippen LogP contribution in [0.1, 0.15) is 20.3 Å². The highest BCUT2D eigenvalue weighted by Crippen LogP contribution is 2.19. The lowest BCUT2D eigenvalue weighted by atomic mass is 10.0. The molecule has 1 atom stereocenters. The average Bonchev–Trinajstić information content (AvgIpc) is 2.45. The van der Waals surface area contributed by atoms with E-state index in [9.17, 15) is 9.90 Å². The van der Waals surface area contributed by atoms with Crippen molar-refractivity contribution in [1.29, 1.82) is 0 Å². The maximum Gasteiger partial charge on any atom is 0.320 e. The standard InChI is InChI=1S/C14H27NO4S2/c1-12(2)9-13(14(16)17)15-10-20-7-5-18-3-4-19-6-8-21-11-15/h12-13H,3-11H2,1-2H3,(H,16,17). The molecule has 7 heteroatoms. The van der Waals surface area contributed by atoms with E-state index in [1.54, 1.807) is 23.5 Å². The van der Waals surface area contributed by atoms with Gasteiger partial charge in [-0.15, -0.1) is 23.5 Å². The number of rotatable bonds is 4. The Morgan fingerprint density at radius 1 is 1.10 bits per heavy atom. The zero-order valence-corrected chi connectivity index (χ0v) is 14.6. The fourth-order valence-corrected chi connectivity index (χ4v) is 3.85. The van der Waals surface area contributed by atoms with E-state index in [2.05, 4.69) is 18.7 Å². The predicted molar refractivity (Wildman–Crippen MR) is 89.0 cm³/mol. The maximum atomic E-state index is 11.6. The SMILES string of the molecule is CC(C)CC(C(=O)O)N1CSCCOCCOCCSC1. The quantitative estimate of drug-likeness (QED) is 0.844. The minimum Gasteiger partial charge on any atom is -0.480 e. The van der Waals surface area contributed by atoms with Gasteiger partial charge in [0.2, 0.25) is 0 Å². The molecule has 0 aromatic rings. The van der Waals surface area contributed by atoms with E-state index in [4.69, 9.17) is 9.47 Å². The first kappa shape index (κ1) is 19.1. The van der Waals surface area contributed by atoms with Crippen LogP contribution in [-0.4, -0.2) is 71.7 Å². The van der Waals surface area contributed by atoms with Gasteiger partial charge in [0.1, 0.15) is 6.04 Å². The van der Waals surface area contributed by atoms with Gasteiger partial charge in [0.15, 0.2) is 0 Å². The van der Waals surface area contributed by atoms with Crippen molar-refractivity contribution >= 4 is 29.5 Å². The molecule has 0 saturated carbocycles. The van der Waals surface area contributed by atoms with Gasteiger partial charge in [-0.1, -0.05) is 13.8 Å². The summed E-state index contributed by atoms with van der Waals surface area (Å²) in [5.41, 5.74) is 0. The molecule has 0 amide bonds. The van der Waals surface area contributed by atoms with Gasteiger partial charge in [-0.2, -0.15) is 0 Å². The third-order valence-electron chi connectivity index (χ3n) is 3.05. The lowest BCUT2D eigenvalue weighted by Crippen LogP contribution is -2.42. The zero-order valence-electron chi connectivity index (χ0n) is 13.0. The molecule has 1 unspecified atom stereocenters. The molecule has 0 aromatic heterocycles. The Balaban J connectivity index is 2.56. The van der Waals surface area contributed by atoms with E-state index in [0.717, 1.165) is 23.3 Å². The lowest BCUT2D eigenvalue weighted by molar-refractivity contribution is -0.143. The molecule has 21 heavy (non-hydrogen) atoms. The number of thioether (sulfide) groups is 2. The Kier molecular flexibility index (Phi) is 10.5. The number of carboxylic acid groups (broad SMARTS) is 1. The van der Waals surface area contributed by atoms with Gasteiger partial charge in [0, 0.05) is 23.3 Å². The molecule has 1 saturated heterocycles. The fourth-order valence-electron chi connectivity index (χ4n) is 1.99. The summed E-state index contributed by atoms with van der Waals surface area (Å²) in [4.78, 5) is 13.6. The molecule has 1 heterocycles. The highest BCUT2D eigenvalue weighted by atomic mass is 32.2. The van der Waals surface area contributed by atoms with Gasteiger partial charge in [-0.3, -0.25) is 9.69 Å². The zero-order chi connectivity index (χ0) is 15.5. The van der Waals surface area contributed by atoms with Crippen molar-refractivity contribution < 1.29 is 19.4 Å². The van der Waals surface area contributed by atoms with Crippen LogP contribution in [0.4, 0.5) is 0 Å². The van der Waals surface area contributed by atoms with Crippen LogP contribution in [0.3, 0.4) is 0 Å². The first-order valence-corrected chi connectivity index (χ1v) is 9.70. The molecule has 124 valence electrons. The summed E-state index contributed by atoms with van der Waals surface area (Å²) in [6.07, 6.45) is 0.684. The number of nitrogens with zero attached hydrogens (tertiary/aromatic N) is 1. The molecule has 0 radical (unpaired) electrons. The van der Waals surface area contributed by atoms with Crippen molar-refractivity contribution in [3.63, 3.8) is 0 Å². The summed E-state index contributed by atoms with van der Waals surface area (Å²) in [7, 11) is 0. The van der Waals surface area contributed by atoms with Gasteiger partial charge < -0.3 is 14.6 Å². The topological polar surface area (TPSA) is 59.0 Å². The molecule has 1 N–H and O–H groups in total. The van der Waals surface area contributed by atoms with Gasteiger partial charge in [-0.05, 0) is 12.3 Å². The number of carbonyl (C=O) groups is 1. The smallest absolute Gasteiger partial charge is 0.320 e. The van der Waals surface area contributed by atoms with Crippen LogP contribution < -0.4 is 0 Å².